The molecule has 1 aliphatic heterocycles. The van der Waals surface area contributed by atoms with Crippen molar-refractivity contribution in [1.82, 2.24) is 4.98 Å². The first-order valence-electron chi connectivity index (χ1n) is 8.56. The number of alkyl halides is 2. The second-order valence-electron chi connectivity index (χ2n) is 6.15. The van der Waals surface area contributed by atoms with Gasteiger partial charge in [0.25, 0.3) is 5.91 Å². The van der Waals surface area contributed by atoms with Crippen molar-refractivity contribution in [2.75, 3.05) is 12.0 Å². The van der Waals surface area contributed by atoms with Crippen LogP contribution in [-0.4, -0.2) is 24.6 Å². The summed E-state index contributed by atoms with van der Waals surface area (Å²) in [6.07, 6.45) is 1.60. The molecule has 1 amide bonds. The summed E-state index contributed by atoms with van der Waals surface area (Å²) in [6, 6.07) is 15.2. The van der Waals surface area contributed by atoms with E-state index < -0.39 is 6.61 Å². The van der Waals surface area contributed by atoms with Crippen LogP contribution in [0.5, 0.6) is 11.5 Å². The highest BCUT2D eigenvalue weighted by Crippen LogP contribution is 2.37. The van der Waals surface area contributed by atoms with Crippen molar-refractivity contribution in [3.8, 4) is 22.8 Å². The highest BCUT2D eigenvalue weighted by atomic mass is 19.3. The molecule has 1 aliphatic rings. The van der Waals surface area contributed by atoms with E-state index in [-0.39, 0.29) is 11.7 Å². The van der Waals surface area contributed by atoms with Gasteiger partial charge in [-0.3, -0.25) is 9.78 Å². The Morgan fingerprint density at radius 3 is 2.50 bits per heavy atom. The Balaban J connectivity index is 1.69. The van der Waals surface area contributed by atoms with Gasteiger partial charge in [0.05, 0.1) is 19.3 Å². The van der Waals surface area contributed by atoms with Gasteiger partial charge in [-0.2, -0.15) is 8.78 Å². The van der Waals surface area contributed by atoms with Crippen LogP contribution in [0.1, 0.15) is 15.9 Å². The van der Waals surface area contributed by atoms with Gasteiger partial charge >= 0.3 is 6.61 Å². The van der Waals surface area contributed by atoms with E-state index in [1.807, 2.05) is 24.3 Å². The molecule has 0 fully saturated rings. The number of fused-ring (bicyclic) bond motifs is 1. The number of hydrogen-bond donors (Lipinski definition) is 0. The molecule has 4 rings (SSSR count). The topological polar surface area (TPSA) is 51.7 Å². The van der Waals surface area contributed by atoms with Crippen molar-refractivity contribution in [3.63, 3.8) is 0 Å². The molecular formula is C21H16F2N2O3. The zero-order chi connectivity index (χ0) is 19.7. The van der Waals surface area contributed by atoms with Gasteiger partial charge in [-0.05, 0) is 42.5 Å². The van der Waals surface area contributed by atoms with E-state index >= 15 is 0 Å². The van der Waals surface area contributed by atoms with Crippen LogP contribution in [0, 0.1) is 0 Å². The Morgan fingerprint density at radius 1 is 1.04 bits per heavy atom. The third-order valence-electron chi connectivity index (χ3n) is 4.58. The number of rotatable bonds is 5. The Labute approximate surface area is 160 Å². The van der Waals surface area contributed by atoms with Gasteiger partial charge in [-0.1, -0.05) is 12.1 Å². The van der Waals surface area contributed by atoms with E-state index in [1.54, 1.807) is 36.4 Å². The fourth-order valence-electron chi connectivity index (χ4n) is 3.32. The van der Waals surface area contributed by atoms with Gasteiger partial charge in [0.2, 0.25) is 0 Å². The molecular weight excluding hydrogens is 366 g/mol. The van der Waals surface area contributed by atoms with Crippen LogP contribution < -0.4 is 14.4 Å². The van der Waals surface area contributed by atoms with E-state index in [9.17, 15) is 13.6 Å². The molecule has 0 radical (unpaired) electrons. The third-order valence-corrected chi connectivity index (χ3v) is 4.58. The minimum absolute atomic E-state index is 0.0410. The van der Waals surface area contributed by atoms with Gasteiger partial charge in [-0.15, -0.1) is 0 Å². The number of benzene rings is 2. The molecule has 28 heavy (non-hydrogen) atoms. The molecule has 0 atom stereocenters. The first-order valence-corrected chi connectivity index (χ1v) is 8.56. The number of amides is 1. The number of carbonyl (C=O) groups excluding carboxylic acids is 1. The predicted octanol–water partition coefficient (Wildman–Crippen LogP) is 4.52. The Bertz CT molecular complexity index is 1020. The molecule has 0 N–H and O–H groups in total. The summed E-state index contributed by atoms with van der Waals surface area (Å²) < 4.78 is 34.4. The lowest BCUT2D eigenvalue weighted by Crippen LogP contribution is -2.22. The number of halogens is 2. The number of carbonyl (C=O) groups is 1. The summed E-state index contributed by atoms with van der Waals surface area (Å²) in [5.74, 6) is 0.540. The normalized spacial score (nSPS) is 13.0. The molecule has 1 aromatic heterocycles. The molecule has 3 aromatic rings. The molecule has 5 nitrogen and oxygen atoms in total. The standard InChI is InChI=1S/C21H16F2N2O3/c1-27-18-5-3-2-4-16(18)19-17-12-25(20(26)15(17)10-11-24-19)13-6-8-14(9-7-13)28-21(22)23/h2-11,21H,12H2,1H3. The quantitative estimate of drug-likeness (QED) is 0.651. The van der Waals surface area contributed by atoms with Crippen LogP contribution in [0.25, 0.3) is 11.3 Å². The maximum Gasteiger partial charge on any atom is 0.387 e. The minimum Gasteiger partial charge on any atom is -0.496 e. The zero-order valence-electron chi connectivity index (χ0n) is 14.9. The van der Waals surface area contributed by atoms with E-state index in [2.05, 4.69) is 9.72 Å². The van der Waals surface area contributed by atoms with Crippen molar-refractivity contribution in [1.29, 1.82) is 0 Å². The minimum atomic E-state index is -2.89. The van der Waals surface area contributed by atoms with Crippen molar-refractivity contribution in [3.05, 3.63) is 71.9 Å². The number of hydrogen-bond acceptors (Lipinski definition) is 4. The van der Waals surface area contributed by atoms with Crippen LogP contribution in [0.2, 0.25) is 0 Å². The summed E-state index contributed by atoms with van der Waals surface area (Å²) in [5.41, 5.74) is 3.43. The summed E-state index contributed by atoms with van der Waals surface area (Å²) in [4.78, 5) is 19.0. The van der Waals surface area contributed by atoms with Crippen LogP contribution >= 0.6 is 0 Å². The van der Waals surface area contributed by atoms with Gasteiger partial charge in [0.15, 0.2) is 0 Å². The molecule has 0 saturated carbocycles. The summed E-state index contributed by atoms with van der Waals surface area (Å²) in [7, 11) is 1.59. The molecule has 0 bridgehead atoms. The second-order valence-corrected chi connectivity index (χ2v) is 6.15. The van der Waals surface area contributed by atoms with Crippen LogP contribution in [0.3, 0.4) is 0 Å². The summed E-state index contributed by atoms with van der Waals surface area (Å²) in [5, 5.41) is 0. The summed E-state index contributed by atoms with van der Waals surface area (Å²) >= 11 is 0. The van der Waals surface area contributed by atoms with E-state index in [0.29, 0.717) is 29.2 Å². The maximum atomic E-state index is 12.9. The molecule has 0 aliphatic carbocycles. The predicted molar refractivity (Wildman–Crippen MR) is 99.8 cm³/mol. The monoisotopic (exact) mass is 382 g/mol. The number of ether oxygens (including phenoxy) is 2. The first kappa shape index (κ1) is 17.9. The molecule has 2 aromatic carbocycles. The lowest BCUT2D eigenvalue weighted by Gasteiger charge is -2.16. The highest BCUT2D eigenvalue weighted by Gasteiger charge is 2.31. The Morgan fingerprint density at radius 2 is 1.79 bits per heavy atom. The lowest BCUT2D eigenvalue weighted by atomic mass is 10.0. The fraction of sp³-hybridized carbons (Fsp3) is 0.143. The maximum absolute atomic E-state index is 12.9. The second kappa shape index (κ2) is 7.26. The lowest BCUT2D eigenvalue weighted by molar-refractivity contribution is -0.0498. The number of pyridine rings is 1. The Hall–Kier alpha value is -3.48. The van der Waals surface area contributed by atoms with E-state index in [0.717, 1.165) is 11.1 Å². The van der Waals surface area contributed by atoms with Gasteiger partial charge in [-0.25, -0.2) is 0 Å². The zero-order valence-corrected chi connectivity index (χ0v) is 14.9. The van der Waals surface area contributed by atoms with Crippen LogP contribution in [0.15, 0.2) is 60.8 Å². The number of anilines is 1. The van der Waals surface area contributed by atoms with Crippen molar-refractivity contribution < 1.29 is 23.0 Å². The van der Waals surface area contributed by atoms with Crippen molar-refractivity contribution >= 4 is 11.6 Å². The molecule has 142 valence electrons. The number of nitrogens with zero attached hydrogens (tertiary/aromatic N) is 2. The highest BCUT2D eigenvalue weighted by molar-refractivity contribution is 6.11. The number of methoxy groups -OCH3 is 1. The van der Waals surface area contributed by atoms with Crippen LogP contribution in [0.4, 0.5) is 14.5 Å². The first-order chi connectivity index (χ1) is 13.6. The molecule has 0 unspecified atom stereocenters. The molecule has 0 saturated heterocycles. The average Bonchev–Trinajstić information content (AvgIpc) is 3.05. The Kier molecular flexibility index (Phi) is 4.65. The van der Waals surface area contributed by atoms with Crippen molar-refractivity contribution in [2.24, 2.45) is 0 Å². The van der Waals surface area contributed by atoms with E-state index in [1.165, 1.54) is 12.1 Å². The van der Waals surface area contributed by atoms with E-state index in [4.69, 9.17) is 4.74 Å². The molecule has 0 spiro atoms. The number of aromatic nitrogens is 1. The van der Waals surface area contributed by atoms with Gasteiger partial charge < -0.3 is 14.4 Å². The smallest absolute Gasteiger partial charge is 0.387 e. The third kappa shape index (κ3) is 3.15. The van der Waals surface area contributed by atoms with Crippen LogP contribution in [-0.2, 0) is 6.54 Å². The van der Waals surface area contributed by atoms with Gasteiger partial charge in [0, 0.05) is 28.6 Å². The molecule has 2 heterocycles. The number of para-hydroxylation sites is 1. The molecule has 7 heteroatoms. The van der Waals surface area contributed by atoms with Crippen molar-refractivity contribution in [2.45, 2.75) is 13.2 Å². The van der Waals surface area contributed by atoms with Gasteiger partial charge in [0.1, 0.15) is 11.5 Å². The SMILES string of the molecule is COc1ccccc1-c1nccc2c1CN(c1ccc(OC(F)F)cc1)C2=O. The largest absolute Gasteiger partial charge is 0.496 e. The average molecular weight is 382 g/mol. The fourth-order valence-corrected chi connectivity index (χ4v) is 3.32. The summed E-state index contributed by atoms with van der Waals surface area (Å²) in [6.45, 7) is -2.57.